The van der Waals surface area contributed by atoms with Crippen molar-refractivity contribution in [2.45, 2.75) is 19.8 Å². The summed E-state index contributed by atoms with van der Waals surface area (Å²) in [6.07, 6.45) is 9.74. The molecule has 0 fully saturated rings. The van der Waals surface area contributed by atoms with Crippen molar-refractivity contribution >= 4 is 39.5 Å². The van der Waals surface area contributed by atoms with Gasteiger partial charge in [0.25, 0.3) is 0 Å². The fourth-order valence-electron chi connectivity index (χ4n) is 6.02. The number of benzene rings is 5. The zero-order chi connectivity index (χ0) is 31.2. The van der Waals surface area contributed by atoms with Gasteiger partial charge in [0.1, 0.15) is 0 Å². The molecule has 0 saturated heterocycles. The van der Waals surface area contributed by atoms with Gasteiger partial charge in [0.2, 0.25) is 0 Å². The van der Waals surface area contributed by atoms with Gasteiger partial charge < -0.3 is 0 Å². The Kier molecular flexibility index (Phi) is 8.63. The van der Waals surface area contributed by atoms with Crippen molar-refractivity contribution in [2.24, 2.45) is 4.99 Å². The zero-order valence-electron chi connectivity index (χ0n) is 25.7. The van der Waals surface area contributed by atoms with Crippen molar-refractivity contribution in [3.8, 4) is 34.1 Å². The van der Waals surface area contributed by atoms with Gasteiger partial charge in [-0.15, -0.1) is 5.92 Å². The van der Waals surface area contributed by atoms with Crippen molar-refractivity contribution in [3.05, 3.63) is 163 Å². The molecule has 1 atom stereocenters. The highest BCUT2D eigenvalue weighted by Gasteiger charge is 2.16. The van der Waals surface area contributed by atoms with Gasteiger partial charge in [-0.25, -0.2) is 0 Å². The molecule has 2 nitrogen and oxygen atoms in total. The molecule has 0 bridgehead atoms. The van der Waals surface area contributed by atoms with E-state index in [1.165, 1.54) is 27.1 Å². The van der Waals surface area contributed by atoms with Crippen LogP contribution < -0.4 is 0 Å². The van der Waals surface area contributed by atoms with E-state index in [0.717, 1.165) is 44.7 Å². The fourth-order valence-corrected chi connectivity index (χ4v) is 6.02. The second kappa shape index (κ2) is 13.2. The summed E-state index contributed by atoms with van der Waals surface area (Å²) in [4.78, 5) is 8.74. The first kappa shape index (κ1) is 29.3. The third-order valence-corrected chi connectivity index (χ3v) is 8.23. The van der Waals surface area contributed by atoms with E-state index in [0.29, 0.717) is 0 Å². The first-order chi connectivity index (χ1) is 22.1. The lowest BCUT2D eigenvalue weighted by atomic mass is 9.86. The minimum absolute atomic E-state index is 0.212. The Morgan fingerprint density at radius 1 is 0.756 bits per heavy atom. The van der Waals surface area contributed by atoms with Crippen molar-refractivity contribution in [2.75, 3.05) is 0 Å². The summed E-state index contributed by atoms with van der Waals surface area (Å²) in [6, 6.07) is 38.8. The van der Waals surface area contributed by atoms with Gasteiger partial charge in [0.05, 0.1) is 11.6 Å². The molecule has 0 aliphatic carbocycles. The predicted molar refractivity (Wildman–Crippen MR) is 194 cm³/mol. The largest absolute Gasteiger partial charge is 0.265 e. The molecule has 5 aromatic carbocycles. The van der Waals surface area contributed by atoms with Crippen molar-refractivity contribution in [1.82, 2.24) is 4.98 Å². The quantitative estimate of drug-likeness (QED) is 0.0763. The number of pyridine rings is 1. The van der Waals surface area contributed by atoms with Crippen LogP contribution in [0.2, 0.25) is 0 Å². The number of aliphatic imine (C=N–C) groups is 1. The van der Waals surface area contributed by atoms with E-state index in [4.69, 9.17) is 0 Å². The van der Waals surface area contributed by atoms with Crippen LogP contribution in [0.1, 0.15) is 36.5 Å². The van der Waals surface area contributed by atoms with Crippen molar-refractivity contribution < 1.29 is 0 Å². The fraction of sp³-hybridized carbons (Fsp3) is 0.0698. The average molecular weight is 579 g/mol. The Morgan fingerprint density at radius 2 is 1.38 bits per heavy atom. The summed E-state index contributed by atoms with van der Waals surface area (Å²) in [6.45, 7) is 11.8. The number of hydrogen-bond donors (Lipinski definition) is 0. The maximum Gasteiger partial charge on any atom is 0.0670 e. The van der Waals surface area contributed by atoms with Crippen LogP contribution in [0, 0.1) is 11.8 Å². The number of nitrogens with zero attached hydrogens (tertiary/aromatic N) is 2. The van der Waals surface area contributed by atoms with Crippen LogP contribution in [0.15, 0.2) is 151 Å². The molecule has 0 spiro atoms. The molecule has 0 aliphatic rings. The van der Waals surface area contributed by atoms with Crippen LogP contribution in [0.5, 0.6) is 0 Å². The van der Waals surface area contributed by atoms with E-state index < -0.39 is 0 Å². The molecule has 1 aromatic heterocycles. The van der Waals surface area contributed by atoms with Gasteiger partial charge in [0, 0.05) is 12.4 Å². The maximum atomic E-state index is 4.46. The van der Waals surface area contributed by atoms with Gasteiger partial charge in [0.15, 0.2) is 0 Å². The third kappa shape index (κ3) is 6.03. The third-order valence-electron chi connectivity index (χ3n) is 8.23. The summed E-state index contributed by atoms with van der Waals surface area (Å²) in [5.74, 6) is 6.43. The van der Waals surface area contributed by atoms with Crippen LogP contribution >= 0.6 is 0 Å². The molecule has 45 heavy (non-hydrogen) atoms. The molecule has 0 amide bonds. The van der Waals surface area contributed by atoms with E-state index in [-0.39, 0.29) is 5.92 Å². The van der Waals surface area contributed by atoms with Crippen LogP contribution in [-0.2, 0) is 0 Å². The smallest absolute Gasteiger partial charge is 0.0670 e. The van der Waals surface area contributed by atoms with Gasteiger partial charge in [-0.1, -0.05) is 97.4 Å². The summed E-state index contributed by atoms with van der Waals surface area (Å²) < 4.78 is 0. The Balaban J connectivity index is 1.57. The molecule has 216 valence electrons. The SMILES string of the molecule is C=C/C(=C\C)c1ccc(/C(=C/C(C#CC)c2cc(-c3ccncc3)cc(-c3c4ccccc4cc4ccccc34)c2)N=C)cc1. The minimum atomic E-state index is -0.212. The number of allylic oxidation sites excluding steroid dienone is 4. The Hall–Kier alpha value is -5.78. The van der Waals surface area contributed by atoms with Crippen LogP contribution in [-0.4, -0.2) is 11.7 Å². The molecule has 2 heteroatoms. The molecular weight excluding hydrogens is 544 g/mol. The highest BCUT2D eigenvalue weighted by atomic mass is 14.7. The minimum Gasteiger partial charge on any atom is -0.265 e. The molecule has 6 aromatic rings. The highest BCUT2D eigenvalue weighted by Crippen LogP contribution is 2.40. The zero-order valence-corrected chi connectivity index (χ0v) is 25.7. The molecular formula is C43H34N2. The molecule has 0 N–H and O–H groups in total. The second-order valence-corrected chi connectivity index (χ2v) is 10.9. The second-order valence-electron chi connectivity index (χ2n) is 10.9. The molecule has 1 heterocycles. The van der Waals surface area contributed by atoms with E-state index in [9.17, 15) is 0 Å². The van der Waals surface area contributed by atoms with Gasteiger partial charge >= 0.3 is 0 Å². The lowest BCUT2D eigenvalue weighted by Gasteiger charge is -2.17. The Morgan fingerprint density at radius 3 is 1.98 bits per heavy atom. The molecule has 6 rings (SSSR count). The first-order valence-corrected chi connectivity index (χ1v) is 15.1. The molecule has 0 radical (unpaired) electrons. The van der Waals surface area contributed by atoms with Crippen molar-refractivity contribution in [3.63, 3.8) is 0 Å². The maximum absolute atomic E-state index is 4.46. The number of fused-ring (bicyclic) bond motifs is 2. The van der Waals surface area contributed by atoms with E-state index in [1.807, 2.05) is 32.3 Å². The lowest BCUT2D eigenvalue weighted by Crippen LogP contribution is -1.97. The topological polar surface area (TPSA) is 25.2 Å². The first-order valence-electron chi connectivity index (χ1n) is 15.1. The van der Waals surface area contributed by atoms with Crippen LogP contribution in [0.25, 0.3) is 55.1 Å². The number of aromatic nitrogens is 1. The van der Waals surface area contributed by atoms with Crippen LogP contribution in [0.4, 0.5) is 0 Å². The average Bonchev–Trinajstić information content (AvgIpc) is 3.10. The summed E-state index contributed by atoms with van der Waals surface area (Å²) >= 11 is 0. The lowest BCUT2D eigenvalue weighted by molar-refractivity contribution is 1.12. The Bertz CT molecular complexity index is 2100. The Labute approximate surface area is 265 Å². The van der Waals surface area contributed by atoms with Gasteiger partial charge in [-0.2, -0.15) is 0 Å². The normalized spacial score (nSPS) is 12.4. The van der Waals surface area contributed by atoms with E-state index >= 15 is 0 Å². The molecule has 0 aliphatic heterocycles. The monoisotopic (exact) mass is 578 g/mol. The van der Waals surface area contributed by atoms with Gasteiger partial charge in [-0.05, 0) is 129 Å². The van der Waals surface area contributed by atoms with Gasteiger partial charge in [-0.3, -0.25) is 9.98 Å². The number of rotatable bonds is 8. The highest BCUT2D eigenvalue weighted by molar-refractivity contribution is 6.13. The van der Waals surface area contributed by atoms with E-state index in [2.05, 4.69) is 156 Å². The summed E-state index contributed by atoms with van der Waals surface area (Å²) in [5.41, 5.74) is 9.64. The predicted octanol–water partition coefficient (Wildman–Crippen LogP) is 11.2. The standard InChI is InChI=1S/C43H34N2/c1-5-12-34(29-42(44-4)33-19-17-31(18-20-33)30(6-2)7-3)38-26-37(32-21-23-45-24-22-32)27-39(28-38)43-40-15-10-8-13-35(40)25-36-14-9-11-16-41(36)43/h6-11,13-29,34H,2,4H2,1,3H3/b30-7+,42-29-. The summed E-state index contributed by atoms with van der Waals surface area (Å²) in [7, 11) is 0. The molecule has 1 unspecified atom stereocenters. The van der Waals surface area contributed by atoms with Crippen molar-refractivity contribution in [1.29, 1.82) is 0 Å². The van der Waals surface area contributed by atoms with E-state index in [1.54, 1.807) is 0 Å². The number of hydrogen-bond acceptors (Lipinski definition) is 2. The molecule has 0 saturated carbocycles. The summed E-state index contributed by atoms with van der Waals surface area (Å²) in [5, 5.41) is 4.87. The van der Waals surface area contributed by atoms with Crippen LogP contribution in [0.3, 0.4) is 0 Å².